The summed E-state index contributed by atoms with van der Waals surface area (Å²) >= 11 is 0. The van der Waals surface area contributed by atoms with Crippen molar-refractivity contribution < 1.29 is 18.0 Å². The van der Waals surface area contributed by atoms with Gasteiger partial charge in [0.15, 0.2) is 0 Å². The average molecular weight is 315 g/mol. The molecule has 1 fully saturated rings. The lowest BCUT2D eigenvalue weighted by Gasteiger charge is -2.34. The normalized spacial score (nSPS) is 18.9. The van der Waals surface area contributed by atoms with E-state index in [0.29, 0.717) is 24.5 Å². The van der Waals surface area contributed by atoms with Crippen LogP contribution in [-0.4, -0.2) is 31.7 Å². The number of hydrogen-bond acceptors (Lipinski definition) is 4. The minimum absolute atomic E-state index is 0.0362. The Morgan fingerprint density at radius 1 is 1.36 bits per heavy atom. The van der Waals surface area contributed by atoms with Gasteiger partial charge in [0.05, 0.1) is 5.69 Å². The molecule has 120 valence electrons. The summed E-state index contributed by atoms with van der Waals surface area (Å²) in [6.45, 7) is 1.15. The molecule has 0 radical (unpaired) electrons. The fourth-order valence-corrected chi connectivity index (χ4v) is 2.60. The molecule has 2 rings (SSSR count). The van der Waals surface area contributed by atoms with Crippen molar-refractivity contribution in [3.63, 3.8) is 0 Å². The van der Waals surface area contributed by atoms with Gasteiger partial charge in [-0.15, -0.1) is 4.91 Å². The number of carbonyl (C=O) groups excluding carboxylic acids is 1. The van der Waals surface area contributed by atoms with Crippen molar-refractivity contribution in [3.8, 4) is 0 Å². The van der Waals surface area contributed by atoms with E-state index in [-0.39, 0.29) is 12.5 Å². The lowest BCUT2D eigenvalue weighted by molar-refractivity contribution is -0.173. The molecule has 0 spiro atoms. The third kappa shape index (κ3) is 3.96. The first kappa shape index (κ1) is 16.3. The molecule has 1 aliphatic rings. The van der Waals surface area contributed by atoms with Crippen LogP contribution in [0.1, 0.15) is 12.8 Å². The molecule has 1 heterocycles. The van der Waals surface area contributed by atoms with Gasteiger partial charge in [0.2, 0.25) is 0 Å². The molecule has 0 saturated carbocycles. The highest BCUT2D eigenvalue weighted by molar-refractivity contribution is 5.81. The van der Waals surface area contributed by atoms with Gasteiger partial charge in [-0.25, -0.2) is 0 Å². The number of anilines is 1. The van der Waals surface area contributed by atoms with E-state index in [1.54, 1.807) is 24.3 Å². The second kappa shape index (κ2) is 6.76. The number of para-hydroxylation sites is 1. The molecule has 22 heavy (non-hydrogen) atoms. The lowest BCUT2D eigenvalue weighted by Crippen LogP contribution is -2.44. The van der Waals surface area contributed by atoms with Gasteiger partial charge in [0, 0.05) is 19.6 Å². The van der Waals surface area contributed by atoms with Crippen molar-refractivity contribution in [2.24, 2.45) is 11.1 Å². The van der Waals surface area contributed by atoms with E-state index >= 15 is 0 Å². The summed E-state index contributed by atoms with van der Waals surface area (Å²) in [5.74, 6) is -2.01. The van der Waals surface area contributed by atoms with E-state index in [4.69, 9.17) is 0 Å². The number of halogens is 3. The van der Waals surface area contributed by atoms with Crippen molar-refractivity contribution in [1.29, 1.82) is 0 Å². The van der Waals surface area contributed by atoms with Gasteiger partial charge in [0.25, 0.3) is 0 Å². The van der Waals surface area contributed by atoms with Crippen LogP contribution in [0.4, 0.5) is 24.5 Å². The van der Waals surface area contributed by atoms with Gasteiger partial charge in [-0.1, -0.05) is 12.1 Å². The first-order valence-corrected chi connectivity index (χ1v) is 6.94. The minimum atomic E-state index is -4.86. The second-order valence-corrected chi connectivity index (χ2v) is 5.24. The Kier molecular flexibility index (Phi) is 4.99. The maximum Gasteiger partial charge on any atom is 0.471 e. The van der Waals surface area contributed by atoms with Crippen molar-refractivity contribution in [3.05, 3.63) is 29.2 Å². The van der Waals surface area contributed by atoms with Crippen LogP contribution < -0.4 is 10.2 Å². The van der Waals surface area contributed by atoms with Crippen LogP contribution in [-0.2, 0) is 4.79 Å². The molecule has 0 bridgehead atoms. The predicted molar refractivity (Wildman–Crippen MR) is 75.9 cm³/mol. The van der Waals surface area contributed by atoms with Crippen LogP contribution >= 0.6 is 0 Å². The number of hydrogen-bond donors (Lipinski definition) is 1. The monoisotopic (exact) mass is 315 g/mol. The number of amides is 1. The summed E-state index contributed by atoms with van der Waals surface area (Å²) in [5, 5.41) is 4.88. The van der Waals surface area contributed by atoms with E-state index in [2.05, 4.69) is 5.18 Å². The molecule has 0 unspecified atom stereocenters. The summed E-state index contributed by atoms with van der Waals surface area (Å²) in [4.78, 5) is 23.6. The number of benzene rings is 1. The van der Waals surface area contributed by atoms with E-state index in [1.165, 1.54) is 0 Å². The summed E-state index contributed by atoms with van der Waals surface area (Å²) in [7, 11) is 0. The van der Waals surface area contributed by atoms with Crippen molar-refractivity contribution >= 4 is 17.3 Å². The van der Waals surface area contributed by atoms with E-state index in [1.807, 2.05) is 10.2 Å². The first-order chi connectivity index (χ1) is 10.4. The number of alkyl halides is 3. The highest BCUT2D eigenvalue weighted by atomic mass is 19.4. The van der Waals surface area contributed by atoms with Crippen molar-refractivity contribution in [2.45, 2.75) is 19.0 Å². The Morgan fingerprint density at radius 3 is 2.77 bits per heavy atom. The smallest absolute Gasteiger partial charge is 0.369 e. The Bertz CT molecular complexity index is 548. The number of nitrogens with one attached hydrogen (secondary N) is 1. The molecule has 1 saturated heterocycles. The number of carbonyl (C=O) groups is 1. The van der Waals surface area contributed by atoms with Gasteiger partial charge in [-0.05, 0) is 36.1 Å². The Labute approximate surface area is 125 Å². The van der Waals surface area contributed by atoms with Crippen LogP contribution in [0.3, 0.4) is 0 Å². The molecule has 1 amide bonds. The molecule has 1 aliphatic heterocycles. The predicted octanol–water partition coefficient (Wildman–Crippen LogP) is 2.98. The summed E-state index contributed by atoms with van der Waals surface area (Å²) in [5.41, 5.74) is 0.979. The van der Waals surface area contributed by atoms with Gasteiger partial charge in [-0.2, -0.15) is 13.2 Å². The largest absolute Gasteiger partial charge is 0.471 e. The number of piperidine rings is 1. The molecule has 1 aromatic rings. The highest BCUT2D eigenvalue weighted by Gasteiger charge is 2.38. The third-order valence-corrected chi connectivity index (χ3v) is 3.65. The fraction of sp³-hybridized carbons (Fsp3) is 0.500. The zero-order valence-corrected chi connectivity index (χ0v) is 11.8. The second-order valence-electron chi connectivity index (χ2n) is 5.24. The van der Waals surface area contributed by atoms with E-state index < -0.39 is 12.1 Å². The van der Waals surface area contributed by atoms with Gasteiger partial charge in [-0.3, -0.25) is 4.79 Å². The Balaban J connectivity index is 1.97. The van der Waals surface area contributed by atoms with Crippen LogP contribution in [0.5, 0.6) is 0 Å². The molecule has 0 aromatic heterocycles. The summed E-state index contributed by atoms with van der Waals surface area (Å²) < 4.78 is 36.5. The van der Waals surface area contributed by atoms with Crippen LogP contribution in [0.2, 0.25) is 0 Å². The minimum Gasteiger partial charge on any atom is -0.369 e. The maximum atomic E-state index is 12.2. The Hall–Kier alpha value is -2.12. The van der Waals surface area contributed by atoms with Crippen molar-refractivity contribution in [1.82, 2.24) is 5.32 Å². The summed E-state index contributed by atoms with van der Waals surface area (Å²) in [6, 6.07) is 6.83. The number of nitroso groups, excluding NO2 is 1. The van der Waals surface area contributed by atoms with E-state index in [0.717, 1.165) is 12.8 Å². The lowest BCUT2D eigenvalue weighted by atomic mass is 9.97. The quantitative estimate of drug-likeness (QED) is 0.869. The molecule has 1 atom stereocenters. The Morgan fingerprint density at radius 2 is 2.09 bits per heavy atom. The molecular formula is C14H16F3N3O2. The number of nitrogens with zero attached hydrogens (tertiary/aromatic N) is 2. The van der Waals surface area contributed by atoms with Gasteiger partial charge in [0.1, 0.15) is 5.69 Å². The number of rotatable bonds is 4. The zero-order chi connectivity index (χ0) is 16.2. The van der Waals surface area contributed by atoms with Crippen LogP contribution in [0.25, 0.3) is 0 Å². The fourth-order valence-electron chi connectivity index (χ4n) is 2.60. The first-order valence-electron chi connectivity index (χ1n) is 6.94. The highest BCUT2D eigenvalue weighted by Crippen LogP contribution is 2.31. The maximum absolute atomic E-state index is 12.2. The molecule has 1 aromatic carbocycles. The molecule has 1 N–H and O–H groups in total. The average Bonchev–Trinajstić information content (AvgIpc) is 2.52. The topological polar surface area (TPSA) is 61.8 Å². The van der Waals surface area contributed by atoms with Gasteiger partial charge < -0.3 is 10.2 Å². The molecule has 5 nitrogen and oxygen atoms in total. The van der Waals surface area contributed by atoms with E-state index in [9.17, 15) is 22.9 Å². The standard InChI is InChI=1S/C14H16F3N3O2/c15-14(16,17)13(21)18-8-10-4-3-7-20(9-10)12-6-2-1-5-11(12)19-22/h1-2,5-6,10H,3-4,7-9H2,(H,18,21)/t10-/m1/s1. The van der Waals surface area contributed by atoms with Gasteiger partial charge >= 0.3 is 12.1 Å². The van der Waals surface area contributed by atoms with Crippen LogP contribution in [0.15, 0.2) is 29.4 Å². The van der Waals surface area contributed by atoms with Crippen LogP contribution in [0, 0.1) is 10.8 Å². The molecule has 0 aliphatic carbocycles. The summed E-state index contributed by atoms with van der Waals surface area (Å²) in [6.07, 6.45) is -3.35. The molecule has 8 heteroatoms. The third-order valence-electron chi connectivity index (χ3n) is 3.65. The SMILES string of the molecule is O=Nc1ccccc1N1CCC[C@H](CNC(=O)C(F)(F)F)C1. The van der Waals surface area contributed by atoms with Crippen molar-refractivity contribution in [2.75, 3.05) is 24.5 Å². The molecular weight excluding hydrogens is 299 g/mol. The zero-order valence-electron chi connectivity index (χ0n) is 11.8.